The summed E-state index contributed by atoms with van der Waals surface area (Å²) in [7, 11) is 1.40. The number of nitrogens with zero attached hydrogens (tertiary/aromatic N) is 3. The molecule has 1 fully saturated rings. The summed E-state index contributed by atoms with van der Waals surface area (Å²) in [5.41, 5.74) is 2.01. The van der Waals surface area contributed by atoms with Gasteiger partial charge >= 0.3 is 6.09 Å². The summed E-state index contributed by atoms with van der Waals surface area (Å²) in [6, 6.07) is 5.75. The Morgan fingerprint density at radius 3 is 2.49 bits per heavy atom. The number of ether oxygens (including phenoxy) is 1. The van der Waals surface area contributed by atoms with E-state index < -0.39 is 29.2 Å². The molecule has 0 unspecified atom stereocenters. The number of hydrogen-bond donors (Lipinski definition) is 1. The van der Waals surface area contributed by atoms with Crippen molar-refractivity contribution in [3.8, 4) is 11.3 Å². The van der Waals surface area contributed by atoms with Gasteiger partial charge in [0.25, 0.3) is 5.91 Å². The van der Waals surface area contributed by atoms with E-state index in [4.69, 9.17) is 4.74 Å². The zero-order valence-electron chi connectivity index (χ0n) is 21.8. The van der Waals surface area contributed by atoms with E-state index in [2.05, 4.69) is 10.3 Å². The lowest BCUT2D eigenvalue weighted by Gasteiger charge is -2.26. The van der Waals surface area contributed by atoms with E-state index in [9.17, 15) is 9.59 Å². The largest absolute Gasteiger partial charge is 0.444 e. The van der Waals surface area contributed by atoms with Crippen LogP contribution in [0.2, 0.25) is 0 Å². The number of imidazole rings is 1. The van der Waals surface area contributed by atoms with Crippen LogP contribution >= 0.6 is 0 Å². The number of nitrogens with one attached hydrogen (secondary N) is 1. The fraction of sp³-hybridized carbons (Fsp3) is 0.393. The van der Waals surface area contributed by atoms with Crippen LogP contribution < -0.4 is 5.32 Å². The summed E-state index contributed by atoms with van der Waals surface area (Å²) in [6.07, 6.45) is 5.68. The number of carbonyl (C=O) groups excluding carboxylic acids is 2. The molecule has 2 amide bonds. The number of aromatic nitrogens is 2. The van der Waals surface area contributed by atoms with Crippen LogP contribution in [0.25, 0.3) is 23.0 Å². The number of rotatable bonds is 3. The molecule has 1 aromatic carbocycles. The summed E-state index contributed by atoms with van der Waals surface area (Å²) >= 11 is 0. The summed E-state index contributed by atoms with van der Waals surface area (Å²) in [5, 5.41) is 2.38. The van der Waals surface area contributed by atoms with Crippen LogP contribution in [0.3, 0.4) is 0 Å². The lowest BCUT2D eigenvalue weighted by molar-refractivity contribution is 0.0271. The molecule has 2 aromatic heterocycles. The van der Waals surface area contributed by atoms with Gasteiger partial charge in [0.05, 0.1) is 11.3 Å². The molecule has 3 aromatic rings. The number of pyridine rings is 1. The fourth-order valence-electron chi connectivity index (χ4n) is 4.41. The highest BCUT2D eigenvalue weighted by Gasteiger charge is 2.26. The van der Waals surface area contributed by atoms with Gasteiger partial charge in [0.1, 0.15) is 28.6 Å². The van der Waals surface area contributed by atoms with Crippen LogP contribution in [0.1, 0.15) is 61.6 Å². The van der Waals surface area contributed by atoms with E-state index in [0.29, 0.717) is 24.4 Å². The summed E-state index contributed by atoms with van der Waals surface area (Å²) < 4.78 is 37.9. The first kappa shape index (κ1) is 26.3. The van der Waals surface area contributed by atoms with Crippen molar-refractivity contribution in [3.63, 3.8) is 0 Å². The molecule has 0 saturated carbocycles. The van der Waals surface area contributed by atoms with Crippen LogP contribution in [0, 0.1) is 18.6 Å². The fourth-order valence-corrected chi connectivity index (χ4v) is 4.41. The van der Waals surface area contributed by atoms with E-state index in [1.54, 1.807) is 9.30 Å². The smallest absolute Gasteiger partial charge is 0.410 e. The normalized spacial score (nSPS) is 15.6. The second kappa shape index (κ2) is 10.3. The third-order valence-electron chi connectivity index (χ3n) is 6.15. The van der Waals surface area contributed by atoms with Crippen molar-refractivity contribution in [3.05, 3.63) is 64.5 Å². The molecule has 0 aliphatic carbocycles. The number of benzene rings is 1. The van der Waals surface area contributed by atoms with Crippen molar-refractivity contribution < 1.29 is 23.1 Å². The molecule has 7 nitrogen and oxygen atoms in total. The molecule has 37 heavy (non-hydrogen) atoms. The maximum absolute atomic E-state index is 15.3. The Labute approximate surface area is 215 Å². The SMILES string of the molecule is CNC(=O)c1cc(F)c(-c2nc3cc(C)ccn3c2C=C2CCCCN(C(=O)OC(C)(C)C)C2)c(F)c1. The third-order valence-corrected chi connectivity index (χ3v) is 6.15. The molecule has 3 heterocycles. The lowest BCUT2D eigenvalue weighted by atomic mass is 10.0. The Morgan fingerprint density at radius 1 is 1.14 bits per heavy atom. The first-order chi connectivity index (χ1) is 17.5. The van der Waals surface area contributed by atoms with Crippen molar-refractivity contribution in [1.29, 1.82) is 0 Å². The highest BCUT2D eigenvalue weighted by Crippen LogP contribution is 2.33. The van der Waals surface area contributed by atoms with Gasteiger partial charge in [-0.15, -0.1) is 0 Å². The van der Waals surface area contributed by atoms with Gasteiger partial charge in [0.15, 0.2) is 0 Å². The van der Waals surface area contributed by atoms with Gasteiger partial charge in [-0.25, -0.2) is 18.6 Å². The monoisotopic (exact) mass is 510 g/mol. The first-order valence-electron chi connectivity index (χ1n) is 12.3. The molecule has 4 rings (SSSR count). The number of amides is 2. The van der Waals surface area contributed by atoms with Gasteiger partial charge in [0.2, 0.25) is 0 Å². The standard InChI is InChI=1S/C28H32F2N4O3/c1-17-9-11-34-22(13-18-8-6-7-10-33(16-18)27(36)37-28(2,3)4)25(32-23(34)12-17)24-20(29)14-19(15-21(24)30)26(35)31-5/h9,11-15H,6-8,10,16H2,1-5H3,(H,31,35). The average molecular weight is 511 g/mol. The zero-order chi connectivity index (χ0) is 26.9. The van der Waals surface area contributed by atoms with Gasteiger partial charge in [-0.3, -0.25) is 9.20 Å². The van der Waals surface area contributed by atoms with E-state index in [1.165, 1.54) is 7.05 Å². The topological polar surface area (TPSA) is 75.9 Å². The molecular weight excluding hydrogens is 478 g/mol. The van der Waals surface area contributed by atoms with E-state index in [1.807, 2.05) is 52.1 Å². The van der Waals surface area contributed by atoms with Crippen LogP contribution in [0.5, 0.6) is 0 Å². The van der Waals surface area contributed by atoms with Crippen LogP contribution in [-0.4, -0.2) is 52.0 Å². The molecule has 0 atom stereocenters. The Balaban J connectivity index is 1.83. The molecule has 1 aliphatic heterocycles. The molecule has 0 spiro atoms. The first-order valence-corrected chi connectivity index (χ1v) is 12.3. The predicted molar refractivity (Wildman–Crippen MR) is 138 cm³/mol. The van der Waals surface area contributed by atoms with Crippen molar-refractivity contribution in [2.24, 2.45) is 0 Å². The number of likely N-dealkylation sites (tertiary alicyclic amines) is 1. The summed E-state index contributed by atoms with van der Waals surface area (Å²) in [4.78, 5) is 31.0. The van der Waals surface area contributed by atoms with Crippen molar-refractivity contribution >= 4 is 23.7 Å². The van der Waals surface area contributed by atoms with E-state index >= 15 is 8.78 Å². The van der Waals surface area contributed by atoms with Crippen LogP contribution in [0.15, 0.2) is 36.0 Å². The quantitative estimate of drug-likeness (QED) is 0.487. The van der Waals surface area contributed by atoms with Gasteiger partial charge in [-0.05, 0) is 88.4 Å². The number of hydrogen-bond acceptors (Lipinski definition) is 4. The van der Waals surface area contributed by atoms with Gasteiger partial charge in [-0.2, -0.15) is 0 Å². The minimum absolute atomic E-state index is 0.113. The maximum atomic E-state index is 15.3. The second-order valence-corrected chi connectivity index (χ2v) is 10.3. The third kappa shape index (κ3) is 5.81. The lowest BCUT2D eigenvalue weighted by Crippen LogP contribution is -2.37. The van der Waals surface area contributed by atoms with Gasteiger partial charge in [0, 0.05) is 31.9 Å². The van der Waals surface area contributed by atoms with Gasteiger partial charge < -0.3 is 15.0 Å². The summed E-state index contributed by atoms with van der Waals surface area (Å²) in [5.74, 6) is -2.35. The molecule has 1 N–H and O–H groups in total. The number of aryl methyl sites for hydroxylation is 1. The Hall–Kier alpha value is -3.75. The molecule has 9 heteroatoms. The van der Waals surface area contributed by atoms with E-state index in [0.717, 1.165) is 42.5 Å². The second-order valence-electron chi connectivity index (χ2n) is 10.3. The zero-order valence-corrected chi connectivity index (χ0v) is 21.8. The molecule has 0 radical (unpaired) electrons. The molecular formula is C28H32F2N4O3. The highest BCUT2D eigenvalue weighted by molar-refractivity contribution is 5.94. The Morgan fingerprint density at radius 2 is 1.84 bits per heavy atom. The van der Waals surface area contributed by atoms with Gasteiger partial charge in [-0.1, -0.05) is 0 Å². The number of carbonyl (C=O) groups is 2. The van der Waals surface area contributed by atoms with Crippen molar-refractivity contribution in [2.45, 2.75) is 52.6 Å². The molecule has 1 aliphatic rings. The van der Waals surface area contributed by atoms with Crippen molar-refractivity contribution in [2.75, 3.05) is 20.1 Å². The summed E-state index contributed by atoms with van der Waals surface area (Å²) in [6.45, 7) is 8.29. The number of halogens is 2. The minimum atomic E-state index is -0.880. The number of fused-ring (bicyclic) bond motifs is 1. The highest BCUT2D eigenvalue weighted by atomic mass is 19.1. The van der Waals surface area contributed by atoms with Crippen molar-refractivity contribution in [1.82, 2.24) is 19.6 Å². The maximum Gasteiger partial charge on any atom is 0.410 e. The Kier molecular flexibility index (Phi) is 7.34. The van der Waals surface area contributed by atoms with Crippen LogP contribution in [0.4, 0.5) is 13.6 Å². The van der Waals surface area contributed by atoms with Crippen LogP contribution in [-0.2, 0) is 4.74 Å². The van der Waals surface area contributed by atoms with E-state index in [-0.39, 0.29) is 16.8 Å². The molecule has 1 saturated heterocycles. The predicted octanol–water partition coefficient (Wildman–Crippen LogP) is 5.75. The average Bonchev–Trinajstić information content (AvgIpc) is 2.98. The molecule has 196 valence electrons. The minimum Gasteiger partial charge on any atom is -0.444 e. The Bertz CT molecular complexity index is 1370. The molecule has 0 bridgehead atoms.